The second-order valence-electron chi connectivity index (χ2n) is 6.50. The van der Waals surface area contributed by atoms with Crippen molar-refractivity contribution >= 4 is 29.3 Å². The van der Waals surface area contributed by atoms with Crippen LogP contribution in [0.2, 0.25) is 10.0 Å². The van der Waals surface area contributed by atoms with Gasteiger partial charge in [0.1, 0.15) is 5.60 Å². The van der Waals surface area contributed by atoms with Crippen molar-refractivity contribution < 1.29 is 9.53 Å². The molecule has 0 radical (unpaired) electrons. The Morgan fingerprint density at radius 1 is 1.26 bits per heavy atom. The molecule has 130 valence electrons. The zero-order valence-corrected chi connectivity index (χ0v) is 15.7. The van der Waals surface area contributed by atoms with Crippen LogP contribution in [0, 0.1) is 0 Å². The lowest BCUT2D eigenvalue weighted by Gasteiger charge is -2.22. The molecular weight excluding hydrogens is 335 g/mol. The Kier molecular flexibility index (Phi) is 8.17. The van der Waals surface area contributed by atoms with Crippen LogP contribution < -0.4 is 10.6 Å². The summed E-state index contributed by atoms with van der Waals surface area (Å²) >= 11 is 11.9. The summed E-state index contributed by atoms with van der Waals surface area (Å²) < 4.78 is 5.25. The summed E-state index contributed by atoms with van der Waals surface area (Å²) in [6, 6.07) is 5.74. The number of carbonyl (C=O) groups is 1. The number of hydrogen-bond donors (Lipinski definition) is 2. The van der Waals surface area contributed by atoms with Gasteiger partial charge in [-0.2, -0.15) is 0 Å². The van der Waals surface area contributed by atoms with E-state index in [1.54, 1.807) is 6.07 Å². The Hall–Kier alpha value is -0.970. The molecule has 4 nitrogen and oxygen atoms in total. The first kappa shape index (κ1) is 20.1. The lowest BCUT2D eigenvalue weighted by Crippen LogP contribution is -2.42. The van der Waals surface area contributed by atoms with Crippen molar-refractivity contribution in [1.29, 1.82) is 0 Å². The minimum absolute atomic E-state index is 0.168. The highest BCUT2D eigenvalue weighted by Crippen LogP contribution is 2.22. The molecule has 0 aliphatic rings. The Balaban J connectivity index is 2.48. The second-order valence-corrected chi connectivity index (χ2v) is 7.31. The topological polar surface area (TPSA) is 50.4 Å². The monoisotopic (exact) mass is 360 g/mol. The molecule has 0 saturated heterocycles. The number of alkyl carbamates (subject to hydrolysis) is 1. The van der Waals surface area contributed by atoms with E-state index >= 15 is 0 Å². The van der Waals surface area contributed by atoms with E-state index in [1.807, 2.05) is 32.9 Å². The van der Waals surface area contributed by atoms with E-state index in [0.29, 0.717) is 23.1 Å². The van der Waals surface area contributed by atoms with Gasteiger partial charge in [-0.25, -0.2) is 4.79 Å². The van der Waals surface area contributed by atoms with Gasteiger partial charge in [-0.05, 0) is 44.9 Å². The largest absolute Gasteiger partial charge is 0.444 e. The molecule has 2 N–H and O–H groups in total. The third-order valence-electron chi connectivity index (χ3n) is 3.11. The maximum Gasteiger partial charge on any atom is 0.407 e. The van der Waals surface area contributed by atoms with Gasteiger partial charge in [0, 0.05) is 19.1 Å². The summed E-state index contributed by atoms with van der Waals surface area (Å²) in [6.07, 6.45) is 1.58. The van der Waals surface area contributed by atoms with Gasteiger partial charge in [0.25, 0.3) is 0 Å². The van der Waals surface area contributed by atoms with Crippen molar-refractivity contribution in [1.82, 2.24) is 10.6 Å². The van der Waals surface area contributed by atoms with Crippen molar-refractivity contribution in [2.24, 2.45) is 0 Å². The van der Waals surface area contributed by atoms with Crippen LogP contribution >= 0.6 is 23.2 Å². The number of ether oxygens (including phenoxy) is 1. The van der Waals surface area contributed by atoms with Gasteiger partial charge in [0.15, 0.2) is 0 Å². The van der Waals surface area contributed by atoms with Crippen molar-refractivity contribution in [3.05, 3.63) is 33.8 Å². The van der Waals surface area contributed by atoms with Gasteiger partial charge in [-0.3, -0.25) is 0 Å². The molecular formula is C17H26Cl2N2O2. The fraction of sp³-hybridized carbons (Fsp3) is 0.588. The molecule has 1 rings (SSSR count). The second kappa shape index (κ2) is 9.36. The first-order valence-corrected chi connectivity index (χ1v) is 8.61. The Bertz CT molecular complexity index is 516. The van der Waals surface area contributed by atoms with Gasteiger partial charge < -0.3 is 15.4 Å². The molecule has 0 spiro atoms. The van der Waals surface area contributed by atoms with Crippen LogP contribution in [-0.4, -0.2) is 24.3 Å². The van der Waals surface area contributed by atoms with Crippen LogP contribution in [0.3, 0.4) is 0 Å². The van der Waals surface area contributed by atoms with E-state index in [2.05, 4.69) is 17.6 Å². The van der Waals surface area contributed by atoms with Gasteiger partial charge in [-0.15, -0.1) is 0 Å². The molecule has 1 atom stereocenters. The van der Waals surface area contributed by atoms with E-state index in [1.165, 1.54) is 0 Å². The smallest absolute Gasteiger partial charge is 0.407 e. The molecule has 1 unspecified atom stereocenters. The molecule has 0 aliphatic heterocycles. The molecule has 1 aromatic carbocycles. The van der Waals surface area contributed by atoms with Crippen molar-refractivity contribution in [3.8, 4) is 0 Å². The number of carbonyl (C=O) groups excluding carboxylic acids is 1. The summed E-state index contributed by atoms with van der Waals surface area (Å²) in [4.78, 5) is 11.7. The number of halogens is 2. The molecule has 1 aromatic rings. The Labute approximate surface area is 148 Å². The van der Waals surface area contributed by atoms with Crippen molar-refractivity contribution in [2.75, 3.05) is 6.54 Å². The quantitative estimate of drug-likeness (QED) is 0.735. The van der Waals surface area contributed by atoms with Crippen LogP contribution in [0.5, 0.6) is 0 Å². The average molecular weight is 361 g/mol. The van der Waals surface area contributed by atoms with Gasteiger partial charge >= 0.3 is 6.09 Å². The molecule has 1 amide bonds. The predicted octanol–water partition coefficient (Wildman–Crippen LogP) is 4.78. The highest BCUT2D eigenvalue weighted by atomic mass is 35.5. The predicted molar refractivity (Wildman–Crippen MR) is 96.2 cm³/mol. The van der Waals surface area contributed by atoms with E-state index in [9.17, 15) is 4.79 Å². The van der Waals surface area contributed by atoms with Crippen molar-refractivity contribution in [3.63, 3.8) is 0 Å². The fourth-order valence-corrected chi connectivity index (χ4v) is 2.38. The zero-order chi connectivity index (χ0) is 17.5. The number of rotatable bonds is 7. The SMILES string of the molecule is CCCC(CNC(=O)OC(C)(C)C)NCc1ccc(Cl)c(Cl)c1. The minimum Gasteiger partial charge on any atom is -0.444 e. The first-order valence-electron chi connectivity index (χ1n) is 7.85. The Morgan fingerprint density at radius 2 is 1.96 bits per heavy atom. The van der Waals surface area contributed by atoms with Crippen LogP contribution in [0.1, 0.15) is 46.1 Å². The average Bonchev–Trinajstić information content (AvgIpc) is 2.43. The number of amides is 1. The van der Waals surface area contributed by atoms with Gasteiger partial charge in [0.05, 0.1) is 10.0 Å². The molecule has 23 heavy (non-hydrogen) atoms. The summed E-state index contributed by atoms with van der Waals surface area (Å²) in [5, 5.41) is 7.33. The van der Waals surface area contributed by atoms with Crippen LogP contribution in [0.15, 0.2) is 18.2 Å². The Morgan fingerprint density at radius 3 is 2.52 bits per heavy atom. The standard InChI is InChI=1S/C17H26Cl2N2O2/c1-5-6-13(11-21-16(22)23-17(2,3)4)20-10-12-7-8-14(18)15(19)9-12/h7-9,13,20H,5-6,10-11H2,1-4H3,(H,21,22). The van der Waals surface area contributed by atoms with Crippen molar-refractivity contribution in [2.45, 2.75) is 58.7 Å². The van der Waals surface area contributed by atoms with E-state index in [0.717, 1.165) is 18.4 Å². The number of hydrogen-bond acceptors (Lipinski definition) is 3. The highest BCUT2D eigenvalue weighted by molar-refractivity contribution is 6.42. The summed E-state index contributed by atoms with van der Waals surface area (Å²) in [6.45, 7) is 8.83. The third-order valence-corrected chi connectivity index (χ3v) is 3.85. The molecule has 6 heteroatoms. The zero-order valence-electron chi connectivity index (χ0n) is 14.2. The van der Waals surface area contributed by atoms with Crippen LogP contribution in [0.25, 0.3) is 0 Å². The van der Waals surface area contributed by atoms with E-state index < -0.39 is 11.7 Å². The maximum absolute atomic E-state index is 11.7. The number of benzene rings is 1. The van der Waals surface area contributed by atoms with E-state index in [-0.39, 0.29) is 6.04 Å². The first-order chi connectivity index (χ1) is 10.7. The highest BCUT2D eigenvalue weighted by Gasteiger charge is 2.17. The maximum atomic E-state index is 11.7. The lowest BCUT2D eigenvalue weighted by molar-refractivity contribution is 0.0521. The van der Waals surface area contributed by atoms with Gasteiger partial charge in [0.2, 0.25) is 0 Å². The van der Waals surface area contributed by atoms with Crippen LogP contribution in [0.4, 0.5) is 4.79 Å². The molecule has 0 aromatic heterocycles. The number of nitrogens with one attached hydrogen (secondary N) is 2. The lowest BCUT2D eigenvalue weighted by atomic mass is 10.1. The molecule has 0 heterocycles. The van der Waals surface area contributed by atoms with Crippen LogP contribution in [-0.2, 0) is 11.3 Å². The molecule has 0 aliphatic carbocycles. The summed E-state index contributed by atoms with van der Waals surface area (Å²) in [7, 11) is 0. The normalized spacial score (nSPS) is 12.8. The molecule has 0 bridgehead atoms. The van der Waals surface area contributed by atoms with Gasteiger partial charge in [-0.1, -0.05) is 42.6 Å². The third kappa shape index (κ3) is 8.45. The fourth-order valence-electron chi connectivity index (χ4n) is 2.06. The molecule has 0 fully saturated rings. The molecule has 0 saturated carbocycles. The van der Waals surface area contributed by atoms with E-state index in [4.69, 9.17) is 27.9 Å². The minimum atomic E-state index is -0.488. The summed E-state index contributed by atoms with van der Waals surface area (Å²) in [5.74, 6) is 0. The summed E-state index contributed by atoms with van der Waals surface area (Å²) in [5.41, 5.74) is 0.565.